The number of carbonyl (C=O) groups is 1. The number of hydrogen-bond donors (Lipinski definition) is 0. The van der Waals surface area contributed by atoms with E-state index >= 15 is 0 Å². The molecule has 2 rings (SSSR count). The van der Waals surface area contributed by atoms with Crippen LogP contribution in [0.3, 0.4) is 0 Å². The molecule has 0 saturated heterocycles. The molecule has 2 aromatic rings. The first kappa shape index (κ1) is 19.9. The lowest BCUT2D eigenvalue weighted by molar-refractivity contribution is -0.688. The van der Waals surface area contributed by atoms with E-state index in [0.29, 0.717) is 12.2 Å². The zero-order chi connectivity index (χ0) is 18.5. The van der Waals surface area contributed by atoms with E-state index in [0.717, 1.165) is 31.4 Å². The molecule has 138 valence electrons. The van der Waals surface area contributed by atoms with Crippen LogP contribution >= 0.6 is 0 Å². The summed E-state index contributed by atoms with van der Waals surface area (Å²) in [5, 5.41) is 0. The summed E-state index contributed by atoms with van der Waals surface area (Å²) in [7, 11) is 0. The first-order valence-electron chi connectivity index (χ1n) is 9.60. The molecule has 26 heavy (non-hydrogen) atoms. The van der Waals surface area contributed by atoms with Gasteiger partial charge in [0.1, 0.15) is 0 Å². The highest BCUT2D eigenvalue weighted by Gasteiger charge is 2.08. The van der Waals surface area contributed by atoms with Crippen molar-refractivity contribution in [2.75, 3.05) is 6.61 Å². The lowest BCUT2D eigenvalue weighted by Gasteiger charge is -2.05. The van der Waals surface area contributed by atoms with Crippen LogP contribution in [0, 0.1) is 0 Å². The van der Waals surface area contributed by atoms with E-state index in [1.54, 1.807) is 0 Å². The van der Waals surface area contributed by atoms with Gasteiger partial charge in [-0.1, -0.05) is 50.0 Å². The highest BCUT2D eigenvalue weighted by Crippen LogP contribution is 2.09. The Bertz CT molecular complexity index is 650. The van der Waals surface area contributed by atoms with Crippen LogP contribution in [0.2, 0.25) is 0 Å². The van der Waals surface area contributed by atoms with E-state index in [-0.39, 0.29) is 5.97 Å². The molecule has 0 atom stereocenters. The first-order chi connectivity index (χ1) is 12.8. The smallest absolute Gasteiger partial charge is 0.338 e. The molecule has 0 aliphatic carbocycles. The second kappa shape index (κ2) is 12.0. The van der Waals surface area contributed by atoms with E-state index in [4.69, 9.17) is 4.74 Å². The SMILES string of the molecule is C=CCCCCCCCCOC(=O)c1ccc(C[n+]2ccccc2)cc1. The molecule has 0 N–H and O–H groups in total. The number of rotatable bonds is 12. The first-order valence-corrected chi connectivity index (χ1v) is 9.60. The standard InChI is InChI=1S/C23H30NO2/c1-2-3-4-5-6-7-8-12-19-26-23(25)22-15-13-21(14-16-22)20-24-17-10-9-11-18-24/h2,9-11,13-18H,1,3-8,12,19-20H2/q+1. The quantitative estimate of drug-likeness (QED) is 0.230. The number of carbonyl (C=O) groups excluding carboxylic acids is 1. The van der Waals surface area contributed by atoms with Crippen LogP contribution in [0.5, 0.6) is 0 Å². The number of esters is 1. The number of aromatic nitrogens is 1. The highest BCUT2D eigenvalue weighted by atomic mass is 16.5. The molecule has 0 unspecified atom stereocenters. The Kier molecular flexibility index (Phi) is 9.20. The minimum atomic E-state index is -0.227. The van der Waals surface area contributed by atoms with Gasteiger partial charge in [-0.15, -0.1) is 6.58 Å². The van der Waals surface area contributed by atoms with Crippen molar-refractivity contribution < 1.29 is 14.1 Å². The normalized spacial score (nSPS) is 10.5. The van der Waals surface area contributed by atoms with Crippen molar-refractivity contribution in [1.29, 1.82) is 0 Å². The number of nitrogens with zero attached hydrogens (tertiary/aromatic N) is 1. The average molecular weight is 352 g/mol. The van der Waals surface area contributed by atoms with Crippen LogP contribution in [0.4, 0.5) is 0 Å². The highest BCUT2D eigenvalue weighted by molar-refractivity contribution is 5.89. The minimum Gasteiger partial charge on any atom is -0.462 e. The van der Waals surface area contributed by atoms with Crippen molar-refractivity contribution in [3.05, 3.63) is 78.6 Å². The Balaban J connectivity index is 1.62. The number of pyridine rings is 1. The van der Waals surface area contributed by atoms with Gasteiger partial charge in [-0.2, -0.15) is 0 Å². The van der Waals surface area contributed by atoms with Crippen molar-refractivity contribution in [1.82, 2.24) is 0 Å². The van der Waals surface area contributed by atoms with E-state index in [1.165, 1.54) is 25.7 Å². The monoisotopic (exact) mass is 352 g/mol. The molecule has 0 fully saturated rings. The molecule has 0 saturated carbocycles. The largest absolute Gasteiger partial charge is 0.462 e. The lowest BCUT2D eigenvalue weighted by atomic mass is 10.1. The summed E-state index contributed by atoms with van der Waals surface area (Å²) in [4.78, 5) is 12.1. The third-order valence-corrected chi connectivity index (χ3v) is 4.37. The van der Waals surface area contributed by atoms with Crippen LogP contribution in [-0.2, 0) is 11.3 Å². The summed E-state index contributed by atoms with van der Waals surface area (Å²) in [5.41, 5.74) is 1.78. The van der Waals surface area contributed by atoms with E-state index in [1.807, 2.05) is 60.9 Å². The van der Waals surface area contributed by atoms with Crippen LogP contribution < -0.4 is 4.57 Å². The minimum absolute atomic E-state index is 0.227. The average Bonchev–Trinajstić information content (AvgIpc) is 2.68. The molecule has 1 aromatic carbocycles. The molecular weight excluding hydrogens is 322 g/mol. The van der Waals surface area contributed by atoms with Gasteiger partial charge in [0.25, 0.3) is 0 Å². The summed E-state index contributed by atoms with van der Waals surface area (Å²) in [5.74, 6) is -0.227. The topological polar surface area (TPSA) is 30.2 Å². The number of hydrogen-bond acceptors (Lipinski definition) is 2. The summed E-state index contributed by atoms with van der Waals surface area (Å²) < 4.78 is 7.48. The number of allylic oxidation sites excluding steroid dienone is 1. The van der Waals surface area contributed by atoms with Crippen molar-refractivity contribution in [3.8, 4) is 0 Å². The second-order valence-corrected chi connectivity index (χ2v) is 6.58. The van der Waals surface area contributed by atoms with Crippen molar-refractivity contribution in [2.45, 2.75) is 51.5 Å². The predicted molar refractivity (Wildman–Crippen MR) is 105 cm³/mol. The van der Waals surface area contributed by atoms with Gasteiger partial charge in [0, 0.05) is 17.7 Å². The molecule has 3 nitrogen and oxygen atoms in total. The molecule has 1 heterocycles. The molecule has 0 aliphatic rings. The maximum Gasteiger partial charge on any atom is 0.338 e. The fraction of sp³-hybridized carbons (Fsp3) is 0.391. The van der Waals surface area contributed by atoms with Gasteiger partial charge in [0.05, 0.1) is 12.2 Å². The lowest BCUT2D eigenvalue weighted by Crippen LogP contribution is -2.32. The molecule has 1 aromatic heterocycles. The van der Waals surface area contributed by atoms with E-state index < -0.39 is 0 Å². The summed E-state index contributed by atoms with van der Waals surface area (Å²) >= 11 is 0. The van der Waals surface area contributed by atoms with E-state index in [9.17, 15) is 4.79 Å². The molecule has 3 heteroatoms. The van der Waals surface area contributed by atoms with Crippen molar-refractivity contribution in [3.63, 3.8) is 0 Å². The summed E-state index contributed by atoms with van der Waals surface area (Å²) in [6, 6.07) is 13.7. The number of benzene rings is 1. The van der Waals surface area contributed by atoms with Crippen molar-refractivity contribution >= 4 is 5.97 Å². The molecule has 0 aliphatic heterocycles. The summed E-state index contributed by atoms with van der Waals surface area (Å²) in [6.45, 7) is 5.04. The van der Waals surface area contributed by atoms with Gasteiger partial charge >= 0.3 is 5.97 Å². The Morgan fingerprint density at radius 2 is 1.58 bits per heavy atom. The van der Waals surface area contributed by atoms with Gasteiger partial charge in [-0.25, -0.2) is 9.36 Å². The van der Waals surface area contributed by atoms with Crippen LogP contribution in [0.15, 0.2) is 67.5 Å². The molecule has 0 radical (unpaired) electrons. The van der Waals surface area contributed by atoms with Gasteiger partial charge in [-0.3, -0.25) is 0 Å². The maximum absolute atomic E-state index is 12.1. The fourth-order valence-electron chi connectivity index (χ4n) is 2.84. The molecule has 0 bridgehead atoms. The zero-order valence-electron chi connectivity index (χ0n) is 15.6. The zero-order valence-corrected chi connectivity index (χ0v) is 15.6. The number of ether oxygens (including phenoxy) is 1. The third kappa shape index (κ3) is 7.64. The molecule has 0 spiro atoms. The third-order valence-electron chi connectivity index (χ3n) is 4.37. The Hall–Kier alpha value is -2.42. The Labute approximate surface area is 157 Å². The van der Waals surface area contributed by atoms with E-state index in [2.05, 4.69) is 11.1 Å². The predicted octanol–water partition coefficient (Wildman–Crippen LogP) is 5.10. The van der Waals surface area contributed by atoms with Gasteiger partial charge in [0.2, 0.25) is 0 Å². The van der Waals surface area contributed by atoms with Gasteiger partial charge in [-0.05, 0) is 31.4 Å². The second-order valence-electron chi connectivity index (χ2n) is 6.58. The number of unbranched alkanes of at least 4 members (excludes halogenated alkanes) is 6. The van der Waals surface area contributed by atoms with Crippen LogP contribution in [-0.4, -0.2) is 12.6 Å². The van der Waals surface area contributed by atoms with Crippen LogP contribution in [0.25, 0.3) is 0 Å². The Morgan fingerprint density at radius 3 is 2.27 bits per heavy atom. The summed E-state index contributed by atoms with van der Waals surface area (Å²) in [6.07, 6.45) is 14.2. The van der Waals surface area contributed by atoms with Crippen molar-refractivity contribution in [2.24, 2.45) is 0 Å². The molecule has 0 amide bonds. The Morgan fingerprint density at radius 1 is 0.923 bits per heavy atom. The van der Waals surface area contributed by atoms with Gasteiger partial charge < -0.3 is 4.74 Å². The van der Waals surface area contributed by atoms with Crippen LogP contribution in [0.1, 0.15) is 60.9 Å². The van der Waals surface area contributed by atoms with Gasteiger partial charge in [0.15, 0.2) is 18.9 Å². The maximum atomic E-state index is 12.1. The fourth-order valence-corrected chi connectivity index (χ4v) is 2.84. The molecular formula is C23H30NO2+.